The summed E-state index contributed by atoms with van der Waals surface area (Å²) in [6.07, 6.45) is 0. The maximum absolute atomic E-state index is 11.8. The number of carbonyl (C=O) groups is 1. The molecule has 4 nitrogen and oxygen atoms in total. The van der Waals surface area contributed by atoms with Crippen LogP contribution in [-0.4, -0.2) is 24.3 Å². The van der Waals surface area contributed by atoms with Gasteiger partial charge in [-0.2, -0.15) is 0 Å². The van der Waals surface area contributed by atoms with Crippen LogP contribution in [0.2, 0.25) is 0 Å². The van der Waals surface area contributed by atoms with E-state index in [9.17, 15) is 4.79 Å². The molecule has 2 aromatic rings. The molecule has 0 aliphatic rings. The number of nitrogens with zero attached hydrogens (tertiary/aromatic N) is 1. The van der Waals surface area contributed by atoms with Gasteiger partial charge in [-0.1, -0.05) is 0 Å². The van der Waals surface area contributed by atoms with Crippen LogP contribution in [0.3, 0.4) is 0 Å². The molecule has 0 aliphatic carbocycles. The van der Waals surface area contributed by atoms with Gasteiger partial charge in [0.1, 0.15) is 11.4 Å². The van der Waals surface area contributed by atoms with Gasteiger partial charge in [-0.15, -0.1) is 0 Å². The lowest BCUT2D eigenvalue weighted by atomic mass is 10.2. The molecule has 5 heteroatoms. The van der Waals surface area contributed by atoms with Crippen LogP contribution in [-0.2, 0) is 11.8 Å². The number of halogens is 1. The molecule has 1 aromatic heterocycles. The van der Waals surface area contributed by atoms with Gasteiger partial charge in [-0.25, -0.2) is 4.79 Å². The first kappa shape index (κ1) is 13.0. The van der Waals surface area contributed by atoms with Gasteiger partial charge in [0, 0.05) is 16.9 Å². The van der Waals surface area contributed by atoms with E-state index in [0.717, 1.165) is 21.1 Å². The number of benzene rings is 1. The van der Waals surface area contributed by atoms with E-state index >= 15 is 0 Å². The summed E-state index contributed by atoms with van der Waals surface area (Å²) in [7, 11) is 3.44. The fraction of sp³-hybridized carbons (Fsp3) is 0.308. The van der Waals surface area contributed by atoms with Gasteiger partial charge < -0.3 is 14.0 Å². The molecule has 0 aliphatic heterocycles. The second-order valence-corrected chi connectivity index (χ2v) is 4.68. The standard InChI is InChI=1S/C13H14BrNO3/c1-4-18-13(16)10-7-8-11(17-3)6-5-9(14)12(8)15(10)2/h5-7H,4H2,1-3H3. The molecule has 1 aromatic carbocycles. The first-order valence-electron chi connectivity index (χ1n) is 5.59. The SMILES string of the molecule is CCOC(=O)c1cc2c(OC)ccc(Br)c2n1C. The molecule has 0 saturated heterocycles. The predicted octanol–water partition coefficient (Wildman–Crippen LogP) is 3.13. The molecule has 0 bridgehead atoms. The molecule has 18 heavy (non-hydrogen) atoms. The largest absolute Gasteiger partial charge is 0.496 e. The highest BCUT2D eigenvalue weighted by Gasteiger charge is 2.18. The summed E-state index contributed by atoms with van der Waals surface area (Å²) in [5.74, 6) is 0.407. The van der Waals surface area contributed by atoms with Crippen molar-refractivity contribution < 1.29 is 14.3 Å². The molecule has 0 unspecified atom stereocenters. The molecule has 0 fully saturated rings. The fourth-order valence-electron chi connectivity index (χ4n) is 1.98. The molecule has 0 spiro atoms. The third-order valence-corrected chi connectivity index (χ3v) is 3.45. The Bertz CT molecular complexity index is 604. The van der Waals surface area contributed by atoms with Crippen molar-refractivity contribution in [3.8, 4) is 5.75 Å². The average Bonchev–Trinajstić information content (AvgIpc) is 2.69. The lowest BCUT2D eigenvalue weighted by molar-refractivity contribution is 0.0516. The molecule has 0 saturated carbocycles. The summed E-state index contributed by atoms with van der Waals surface area (Å²) in [5, 5.41) is 0.887. The van der Waals surface area contributed by atoms with E-state index in [1.807, 2.05) is 19.2 Å². The number of methoxy groups -OCH3 is 1. The molecule has 0 radical (unpaired) electrons. The molecule has 0 amide bonds. The second-order valence-electron chi connectivity index (χ2n) is 3.82. The lowest BCUT2D eigenvalue weighted by Gasteiger charge is -2.06. The summed E-state index contributed by atoms with van der Waals surface area (Å²) in [5.41, 5.74) is 1.43. The summed E-state index contributed by atoms with van der Waals surface area (Å²) < 4.78 is 13.1. The Labute approximate surface area is 114 Å². The van der Waals surface area contributed by atoms with Crippen molar-refractivity contribution in [2.75, 3.05) is 13.7 Å². The minimum atomic E-state index is -0.329. The number of fused-ring (bicyclic) bond motifs is 1. The van der Waals surface area contributed by atoms with Crippen molar-refractivity contribution in [3.05, 3.63) is 28.4 Å². The first-order valence-corrected chi connectivity index (χ1v) is 6.38. The average molecular weight is 312 g/mol. The maximum Gasteiger partial charge on any atom is 0.354 e. The molecular weight excluding hydrogens is 298 g/mol. The number of carbonyl (C=O) groups excluding carboxylic acids is 1. The third-order valence-electron chi connectivity index (χ3n) is 2.81. The molecule has 96 valence electrons. The van der Waals surface area contributed by atoms with Crippen LogP contribution < -0.4 is 4.74 Å². The van der Waals surface area contributed by atoms with Crippen LogP contribution >= 0.6 is 15.9 Å². The summed E-state index contributed by atoms with van der Waals surface area (Å²) in [4.78, 5) is 11.8. The number of aryl methyl sites for hydroxylation is 1. The number of esters is 1. The minimum Gasteiger partial charge on any atom is -0.496 e. The van der Waals surface area contributed by atoms with E-state index in [1.54, 1.807) is 24.7 Å². The van der Waals surface area contributed by atoms with Crippen molar-refractivity contribution in [3.63, 3.8) is 0 Å². The van der Waals surface area contributed by atoms with E-state index in [-0.39, 0.29) is 5.97 Å². The van der Waals surface area contributed by atoms with Crippen LogP contribution in [0.15, 0.2) is 22.7 Å². The van der Waals surface area contributed by atoms with E-state index < -0.39 is 0 Å². The van der Waals surface area contributed by atoms with Crippen LogP contribution in [0.4, 0.5) is 0 Å². The van der Waals surface area contributed by atoms with E-state index in [0.29, 0.717) is 12.3 Å². The van der Waals surface area contributed by atoms with E-state index in [1.165, 1.54) is 0 Å². The molecule has 0 atom stereocenters. The molecule has 1 heterocycles. The Kier molecular flexibility index (Phi) is 3.61. The number of aromatic nitrogens is 1. The monoisotopic (exact) mass is 311 g/mol. The van der Waals surface area contributed by atoms with Crippen molar-refractivity contribution >= 4 is 32.8 Å². The van der Waals surface area contributed by atoms with E-state index in [2.05, 4.69) is 15.9 Å². The van der Waals surface area contributed by atoms with Gasteiger partial charge in [-0.3, -0.25) is 0 Å². The Morgan fingerprint density at radius 1 is 1.44 bits per heavy atom. The van der Waals surface area contributed by atoms with E-state index in [4.69, 9.17) is 9.47 Å². The fourth-order valence-corrected chi connectivity index (χ4v) is 2.59. The number of rotatable bonds is 3. The number of hydrogen-bond acceptors (Lipinski definition) is 3. The Morgan fingerprint density at radius 3 is 2.78 bits per heavy atom. The highest BCUT2D eigenvalue weighted by molar-refractivity contribution is 9.10. The Morgan fingerprint density at radius 2 is 2.17 bits per heavy atom. The zero-order valence-electron chi connectivity index (χ0n) is 10.5. The number of hydrogen-bond donors (Lipinski definition) is 0. The van der Waals surface area contributed by atoms with Crippen molar-refractivity contribution in [2.45, 2.75) is 6.92 Å². The van der Waals surface area contributed by atoms with Crippen molar-refractivity contribution in [1.82, 2.24) is 4.57 Å². The van der Waals surface area contributed by atoms with Gasteiger partial charge in [0.25, 0.3) is 0 Å². The van der Waals surface area contributed by atoms with Crippen LogP contribution in [0.1, 0.15) is 17.4 Å². The lowest BCUT2D eigenvalue weighted by Crippen LogP contribution is -2.09. The van der Waals surface area contributed by atoms with Gasteiger partial charge in [0.05, 0.1) is 19.2 Å². The maximum atomic E-state index is 11.8. The van der Waals surface area contributed by atoms with Gasteiger partial charge in [0.2, 0.25) is 0 Å². The van der Waals surface area contributed by atoms with Crippen LogP contribution in [0, 0.1) is 0 Å². The highest BCUT2D eigenvalue weighted by atomic mass is 79.9. The Balaban J connectivity index is 2.68. The third kappa shape index (κ3) is 1.99. The van der Waals surface area contributed by atoms with Crippen molar-refractivity contribution in [1.29, 1.82) is 0 Å². The van der Waals surface area contributed by atoms with Gasteiger partial charge >= 0.3 is 5.97 Å². The minimum absolute atomic E-state index is 0.329. The normalized spacial score (nSPS) is 10.7. The smallest absolute Gasteiger partial charge is 0.354 e. The van der Waals surface area contributed by atoms with Gasteiger partial charge in [-0.05, 0) is 41.1 Å². The molecular formula is C13H14BrNO3. The van der Waals surface area contributed by atoms with Gasteiger partial charge in [0.15, 0.2) is 0 Å². The van der Waals surface area contributed by atoms with Crippen LogP contribution in [0.25, 0.3) is 10.9 Å². The summed E-state index contributed by atoms with van der Waals surface area (Å²) in [6.45, 7) is 2.15. The zero-order valence-corrected chi connectivity index (χ0v) is 12.1. The van der Waals surface area contributed by atoms with Crippen LogP contribution in [0.5, 0.6) is 5.75 Å². The summed E-state index contributed by atoms with van der Waals surface area (Å²) in [6, 6.07) is 5.55. The predicted molar refractivity (Wildman–Crippen MR) is 73.1 cm³/mol. The summed E-state index contributed by atoms with van der Waals surface area (Å²) >= 11 is 3.48. The Hall–Kier alpha value is -1.49. The topological polar surface area (TPSA) is 40.5 Å². The first-order chi connectivity index (χ1) is 8.60. The molecule has 0 N–H and O–H groups in total. The number of ether oxygens (including phenoxy) is 2. The zero-order chi connectivity index (χ0) is 13.3. The second kappa shape index (κ2) is 5.02. The quantitative estimate of drug-likeness (QED) is 0.818. The molecule has 2 rings (SSSR count). The highest BCUT2D eigenvalue weighted by Crippen LogP contribution is 2.33. The van der Waals surface area contributed by atoms with Crippen molar-refractivity contribution in [2.24, 2.45) is 7.05 Å².